The maximum Gasteiger partial charge on any atom is 0.269 e. The van der Waals surface area contributed by atoms with Gasteiger partial charge in [0, 0.05) is 31.4 Å². The van der Waals surface area contributed by atoms with E-state index in [1.807, 2.05) is 7.05 Å². The molecule has 0 amide bonds. The Balaban J connectivity index is 2.17. The summed E-state index contributed by atoms with van der Waals surface area (Å²) in [6, 6.07) is 5.02. The Bertz CT molecular complexity index is 428. The molecule has 1 N–H and O–H groups in total. The van der Waals surface area contributed by atoms with Crippen molar-refractivity contribution in [2.24, 2.45) is 0 Å². The molecule has 1 fully saturated rings. The number of non-ortho nitro benzene ring substituents is 1. The standard InChI is InChI=1S/C13H19N3O2/c1-14-13-6-5-12(16(17)18)9-11(13)10-15-7-3-2-4-8-15/h5-6,9,14H,2-4,7-8,10H2,1H3. The molecule has 1 aliphatic rings. The van der Waals surface area contributed by atoms with Gasteiger partial charge in [-0.15, -0.1) is 0 Å². The Morgan fingerprint density at radius 1 is 1.33 bits per heavy atom. The molecule has 0 radical (unpaired) electrons. The zero-order chi connectivity index (χ0) is 13.0. The number of nitro benzene ring substituents is 1. The van der Waals surface area contributed by atoms with Gasteiger partial charge in [0.2, 0.25) is 0 Å². The summed E-state index contributed by atoms with van der Waals surface area (Å²) in [6.45, 7) is 2.97. The zero-order valence-electron chi connectivity index (χ0n) is 10.7. The van der Waals surface area contributed by atoms with Crippen molar-refractivity contribution in [2.45, 2.75) is 25.8 Å². The van der Waals surface area contributed by atoms with Crippen molar-refractivity contribution in [1.29, 1.82) is 0 Å². The molecule has 1 aliphatic heterocycles. The van der Waals surface area contributed by atoms with Gasteiger partial charge >= 0.3 is 0 Å². The predicted molar refractivity (Wildman–Crippen MR) is 71.8 cm³/mol. The lowest BCUT2D eigenvalue weighted by Gasteiger charge is -2.27. The minimum Gasteiger partial charge on any atom is -0.388 e. The molecule has 0 bridgehead atoms. The first-order valence-electron chi connectivity index (χ1n) is 6.38. The number of nitro groups is 1. The minimum absolute atomic E-state index is 0.168. The normalized spacial score (nSPS) is 16.5. The van der Waals surface area contributed by atoms with Crippen molar-refractivity contribution >= 4 is 11.4 Å². The number of hydrogen-bond donors (Lipinski definition) is 1. The van der Waals surface area contributed by atoms with Crippen molar-refractivity contribution in [1.82, 2.24) is 4.90 Å². The third-order valence-electron chi connectivity index (χ3n) is 3.41. The van der Waals surface area contributed by atoms with Gasteiger partial charge in [-0.2, -0.15) is 0 Å². The second-order valence-corrected chi connectivity index (χ2v) is 4.69. The van der Waals surface area contributed by atoms with Crippen LogP contribution in [0.4, 0.5) is 11.4 Å². The fourth-order valence-electron chi connectivity index (χ4n) is 2.43. The summed E-state index contributed by atoms with van der Waals surface area (Å²) < 4.78 is 0. The average Bonchev–Trinajstić information content (AvgIpc) is 2.39. The van der Waals surface area contributed by atoms with Crippen LogP contribution in [0.3, 0.4) is 0 Å². The van der Waals surface area contributed by atoms with Crippen molar-refractivity contribution in [3.8, 4) is 0 Å². The van der Waals surface area contributed by atoms with Gasteiger partial charge in [-0.05, 0) is 37.6 Å². The third-order valence-corrected chi connectivity index (χ3v) is 3.41. The van der Waals surface area contributed by atoms with E-state index in [2.05, 4.69) is 10.2 Å². The summed E-state index contributed by atoms with van der Waals surface area (Å²) >= 11 is 0. The van der Waals surface area contributed by atoms with E-state index in [-0.39, 0.29) is 10.6 Å². The summed E-state index contributed by atoms with van der Waals surface area (Å²) in [5.74, 6) is 0. The van der Waals surface area contributed by atoms with Gasteiger partial charge in [0.15, 0.2) is 0 Å². The molecule has 0 spiro atoms. The quantitative estimate of drug-likeness (QED) is 0.658. The lowest BCUT2D eigenvalue weighted by molar-refractivity contribution is -0.384. The van der Waals surface area contributed by atoms with Crippen LogP contribution in [-0.2, 0) is 6.54 Å². The van der Waals surface area contributed by atoms with E-state index in [1.54, 1.807) is 18.2 Å². The number of benzene rings is 1. The van der Waals surface area contributed by atoms with Crippen LogP contribution < -0.4 is 5.32 Å². The van der Waals surface area contributed by atoms with Gasteiger partial charge in [-0.3, -0.25) is 15.0 Å². The summed E-state index contributed by atoms with van der Waals surface area (Å²) in [5, 5.41) is 13.9. The second kappa shape index (κ2) is 5.82. The van der Waals surface area contributed by atoms with Gasteiger partial charge < -0.3 is 5.32 Å². The van der Waals surface area contributed by atoms with Crippen LogP contribution in [-0.4, -0.2) is 30.0 Å². The lowest BCUT2D eigenvalue weighted by Crippen LogP contribution is -2.29. The van der Waals surface area contributed by atoms with Gasteiger partial charge in [0.1, 0.15) is 0 Å². The van der Waals surface area contributed by atoms with Crippen LogP contribution in [0.1, 0.15) is 24.8 Å². The third kappa shape index (κ3) is 2.98. The van der Waals surface area contributed by atoms with E-state index in [1.165, 1.54) is 19.3 Å². The Kier molecular flexibility index (Phi) is 4.15. The molecule has 0 aromatic heterocycles. The van der Waals surface area contributed by atoms with Crippen LogP contribution in [0.25, 0.3) is 0 Å². The number of piperidine rings is 1. The monoisotopic (exact) mass is 249 g/mol. The molecule has 5 heteroatoms. The fraction of sp³-hybridized carbons (Fsp3) is 0.538. The van der Waals surface area contributed by atoms with Crippen molar-refractivity contribution in [3.63, 3.8) is 0 Å². The molecule has 0 atom stereocenters. The molecule has 0 unspecified atom stereocenters. The van der Waals surface area contributed by atoms with E-state index >= 15 is 0 Å². The number of anilines is 1. The molecule has 5 nitrogen and oxygen atoms in total. The Hall–Kier alpha value is -1.62. The van der Waals surface area contributed by atoms with E-state index in [0.29, 0.717) is 0 Å². The van der Waals surface area contributed by atoms with Crippen molar-refractivity contribution in [2.75, 3.05) is 25.5 Å². The van der Waals surface area contributed by atoms with Crippen molar-refractivity contribution in [3.05, 3.63) is 33.9 Å². The highest BCUT2D eigenvalue weighted by Crippen LogP contribution is 2.24. The maximum atomic E-state index is 10.8. The molecule has 2 rings (SSSR count). The van der Waals surface area contributed by atoms with Gasteiger partial charge in [-0.1, -0.05) is 6.42 Å². The first kappa shape index (κ1) is 12.8. The van der Waals surface area contributed by atoms with Crippen LogP contribution in [0.15, 0.2) is 18.2 Å². The van der Waals surface area contributed by atoms with Gasteiger partial charge in [-0.25, -0.2) is 0 Å². The molecular weight excluding hydrogens is 230 g/mol. The molecular formula is C13H19N3O2. The fourth-order valence-corrected chi connectivity index (χ4v) is 2.43. The Morgan fingerprint density at radius 2 is 2.06 bits per heavy atom. The average molecular weight is 249 g/mol. The summed E-state index contributed by atoms with van der Waals surface area (Å²) in [5.41, 5.74) is 2.15. The minimum atomic E-state index is -0.334. The molecule has 1 heterocycles. The smallest absolute Gasteiger partial charge is 0.269 e. The molecule has 98 valence electrons. The first-order valence-corrected chi connectivity index (χ1v) is 6.38. The van der Waals surface area contributed by atoms with Crippen LogP contribution in [0.2, 0.25) is 0 Å². The maximum absolute atomic E-state index is 10.8. The molecule has 1 aromatic carbocycles. The summed E-state index contributed by atoms with van der Waals surface area (Å²) in [6.07, 6.45) is 3.75. The molecule has 0 saturated carbocycles. The molecule has 1 saturated heterocycles. The van der Waals surface area contributed by atoms with E-state index in [9.17, 15) is 10.1 Å². The zero-order valence-corrected chi connectivity index (χ0v) is 10.7. The Morgan fingerprint density at radius 3 is 2.67 bits per heavy atom. The van der Waals surface area contributed by atoms with Crippen LogP contribution in [0.5, 0.6) is 0 Å². The largest absolute Gasteiger partial charge is 0.388 e. The summed E-state index contributed by atoms with van der Waals surface area (Å²) in [7, 11) is 1.85. The van der Waals surface area contributed by atoms with Gasteiger partial charge in [0.05, 0.1) is 4.92 Å². The topological polar surface area (TPSA) is 58.4 Å². The molecule has 18 heavy (non-hydrogen) atoms. The van der Waals surface area contributed by atoms with E-state index in [0.717, 1.165) is 30.9 Å². The number of likely N-dealkylation sites (tertiary alicyclic amines) is 1. The molecule has 1 aromatic rings. The predicted octanol–water partition coefficient (Wildman–Crippen LogP) is 2.62. The highest BCUT2D eigenvalue weighted by Gasteiger charge is 2.15. The number of rotatable bonds is 4. The number of hydrogen-bond acceptors (Lipinski definition) is 4. The van der Waals surface area contributed by atoms with Crippen molar-refractivity contribution < 1.29 is 4.92 Å². The second-order valence-electron chi connectivity index (χ2n) is 4.69. The SMILES string of the molecule is CNc1ccc([N+](=O)[O-])cc1CN1CCCCC1. The summed E-state index contributed by atoms with van der Waals surface area (Å²) in [4.78, 5) is 12.8. The first-order chi connectivity index (χ1) is 8.70. The molecule has 0 aliphatic carbocycles. The Labute approximate surface area is 107 Å². The van der Waals surface area contributed by atoms with E-state index < -0.39 is 0 Å². The highest BCUT2D eigenvalue weighted by atomic mass is 16.6. The van der Waals surface area contributed by atoms with E-state index in [4.69, 9.17) is 0 Å². The number of nitrogens with one attached hydrogen (secondary N) is 1. The van der Waals surface area contributed by atoms with Gasteiger partial charge in [0.25, 0.3) is 5.69 Å². The number of nitrogens with zero attached hydrogens (tertiary/aromatic N) is 2. The van der Waals surface area contributed by atoms with Crippen LogP contribution in [0, 0.1) is 10.1 Å². The lowest BCUT2D eigenvalue weighted by atomic mass is 10.1. The van der Waals surface area contributed by atoms with Crippen LogP contribution >= 0.6 is 0 Å². The highest BCUT2D eigenvalue weighted by molar-refractivity contribution is 5.55.